The number of hydrogen-bond donors (Lipinski definition) is 0. The molecule has 0 saturated carbocycles. The van der Waals surface area contributed by atoms with Crippen LogP contribution in [0.4, 0.5) is 0 Å². The topological polar surface area (TPSA) is 76.3 Å². The number of sulfonamides is 1. The van der Waals surface area contributed by atoms with Gasteiger partial charge in [-0.25, -0.2) is 8.42 Å². The molecule has 6 nitrogen and oxygen atoms in total. The van der Waals surface area contributed by atoms with E-state index < -0.39 is 10.0 Å². The molecule has 1 aliphatic rings. The number of aromatic nitrogens is 2. The van der Waals surface area contributed by atoms with Crippen LogP contribution in [-0.2, 0) is 16.4 Å². The fourth-order valence-electron chi connectivity index (χ4n) is 3.61. The monoisotopic (exact) mass is 417 g/mol. The largest absolute Gasteiger partial charge is 0.339 e. The Morgan fingerprint density at radius 1 is 1.21 bits per heavy atom. The highest BCUT2D eigenvalue weighted by Gasteiger charge is 2.32. The summed E-state index contributed by atoms with van der Waals surface area (Å²) in [6.45, 7) is 4.99. The molecule has 3 heterocycles. The minimum Gasteiger partial charge on any atom is -0.339 e. The quantitative estimate of drug-likeness (QED) is 0.626. The molecular formula is C20H23N3O3S2. The summed E-state index contributed by atoms with van der Waals surface area (Å²) in [7, 11) is -3.42. The lowest BCUT2D eigenvalue weighted by Crippen LogP contribution is -2.40. The SMILES string of the molecule is Cc1ccc(S(=O)(=O)N2CCCC(Cc3nc(-c4ccccc4C)no3)C2)s1. The zero-order valence-electron chi connectivity index (χ0n) is 16.0. The van der Waals surface area contributed by atoms with Gasteiger partial charge in [0.15, 0.2) is 0 Å². The fourth-order valence-corrected chi connectivity index (χ4v) is 6.60. The van der Waals surface area contributed by atoms with Gasteiger partial charge in [-0.2, -0.15) is 9.29 Å². The van der Waals surface area contributed by atoms with Crippen LogP contribution in [0.3, 0.4) is 0 Å². The van der Waals surface area contributed by atoms with Gasteiger partial charge in [0.05, 0.1) is 0 Å². The van der Waals surface area contributed by atoms with E-state index in [9.17, 15) is 8.42 Å². The van der Waals surface area contributed by atoms with Crippen molar-refractivity contribution in [1.29, 1.82) is 0 Å². The first-order valence-electron chi connectivity index (χ1n) is 9.38. The van der Waals surface area contributed by atoms with Gasteiger partial charge in [-0.1, -0.05) is 29.4 Å². The van der Waals surface area contributed by atoms with Crippen molar-refractivity contribution in [2.24, 2.45) is 5.92 Å². The maximum Gasteiger partial charge on any atom is 0.252 e. The molecule has 4 rings (SSSR count). The Balaban J connectivity index is 1.47. The minimum absolute atomic E-state index is 0.176. The van der Waals surface area contributed by atoms with Crippen molar-refractivity contribution in [3.8, 4) is 11.4 Å². The van der Waals surface area contributed by atoms with E-state index in [4.69, 9.17) is 4.52 Å². The average molecular weight is 418 g/mol. The van der Waals surface area contributed by atoms with E-state index in [1.54, 1.807) is 10.4 Å². The molecule has 28 heavy (non-hydrogen) atoms. The van der Waals surface area contributed by atoms with Crippen LogP contribution in [0.15, 0.2) is 45.1 Å². The van der Waals surface area contributed by atoms with Gasteiger partial charge in [0.2, 0.25) is 11.7 Å². The Morgan fingerprint density at radius 2 is 2.04 bits per heavy atom. The standard InChI is InChI=1S/C20H23N3O3S2/c1-14-6-3-4-8-17(14)20-21-18(26-22-20)12-16-7-5-11-23(13-16)28(24,25)19-10-9-15(2)27-19/h3-4,6,8-10,16H,5,7,11-13H2,1-2H3. The molecule has 1 fully saturated rings. The lowest BCUT2D eigenvalue weighted by atomic mass is 9.96. The second kappa shape index (κ2) is 7.77. The van der Waals surface area contributed by atoms with Crippen LogP contribution in [0, 0.1) is 19.8 Å². The lowest BCUT2D eigenvalue weighted by molar-refractivity contribution is 0.247. The molecule has 0 bridgehead atoms. The summed E-state index contributed by atoms with van der Waals surface area (Å²) in [6, 6.07) is 11.5. The van der Waals surface area contributed by atoms with Crippen LogP contribution in [0.5, 0.6) is 0 Å². The average Bonchev–Trinajstić information content (AvgIpc) is 3.32. The van der Waals surface area contributed by atoms with Crippen molar-refractivity contribution in [1.82, 2.24) is 14.4 Å². The number of benzene rings is 1. The second-order valence-electron chi connectivity index (χ2n) is 7.27. The van der Waals surface area contributed by atoms with Gasteiger partial charge in [-0.05, 0) is 50.3 Å². The van der Waals surface area contributed by atoms with E-state index in [0.717, 1.165) is 28.8 Å². The van der Waals surface area contributed by atoms with E-state index in [1.807, 2.05) is 44.2 Å². The number of nitrogens with zero attached hydrogens (tertiary/aromatic N) is 3. The molecule has 0 spiro atoms. The van der Waals surface area contributed by atoms with Crippen molar-refractivity contribution < 1.29 is 12.9 Å². The van der Waals surface area contributed by atoms with E-state index in [0.29, 0.717) is 35.4 Å². The van der Waals surface area contributed by atoms with E-state index in [1.165, 1.54) is 11.3 Å². The third kappa shape index (κ3) is 3.90. The van der Waals surface area contributed by atoms with Gasteiger partial charge >= 0.3 is 0 Å². The Kier molecular flexibility index (Phi) is 5.35. The van der Waals surface area contributed by atoms with Gasteiger partial charge in [-0.3, -0.25) is 0 Å². The molecule has 148 valence electrons. The molecule has 0 N–H and O–H groups in total. The Morgan fingerprint density at radius 3 is 2.79 bits per heavy atom. The summed E-state index contributed by atoms with van der Waals surface area (Å²) < 4.78 is 33.3. The van der Waals surface area contributed by atoms with E-state index >= 15 is 0 Å². The number of aryl methyl sites for hydroxylation is 2. The highest BCUT2D eigenvalue weighted by Crippen LogP contribution is 2.29. The molecule has 2 aromatic heterocycles. The fraction of sp³-hybridized carbons (Fsp3) is 0.400. The Labute approximate surface area is 169 Å². The van der Waals surface area contributed by atoms with Crippen LogP contribution in [0.1, 0.15) is 29.2 Å². The van der Waals surface area contributed by atoms with Crippen molar-refractivity contribution in [2.75, 3.05) is 13.1 Å². The van der Waals surface area contributed by atoms with Gasteiger partial charge in [-0.15, -0.1) is 11.3 Å². The van der Waals surface area contributed by atoms with E-state index in [2.05, 4.69) is 10.1 Å². The number of rotatable bonds is 5. The van der Waals surface area contributed by atoms with Crippen molar-refractivity contribution in [3.05, 3.63) is 52.7 Å². The summed E-state index contributed by atoms with van der Waals surface area (Å²) in [6.07, 6.45) is 2.39. The minimum atomic E-state index is -3.42. The van der Waals surface area contributed by atoms with Crippen LogP contribution in [0.25, 0.3) is 11.4 Å². The molecule has 0 aliphatic carbocycles. The number of hydrogen-bond acceptors (Lipinski definition) is 6. The first-order chi connectivity index (χ1) is 13.4. The molecular weight excluding hydrogens is 394 g/mol. The first-order valence-corrected chi connectivity index (χ1v) is 11.6. The summed E-state index contributed by atoms with van der Waals surface area (Å²) in [5.41, 5.74) is 2.05. The summed E-state index contributed by atoms with van der Waals surface area (Å²) in [4.78, 5) is 5.54. The van der Waals surface area contributed by atoms with E-state index in [-0.39, 0.29) is 5.92 Å². The van der Waals surface area contributed by atoms with Gasteiger partial charge in [0.25, 0.3) is 10.0 Å². The third-order valence-electron chi connectivity index (χ3n) is 5.11. The zero-order chi connectivity index (χ0) is 19.7. The molecule has 0 amide bonds. The number of piperidine rings is 1. The van der Waals surface area contributed by atoms with Crippen molar-refractivity contribution >= 4 is 21.4 Å². The maximum absolute atomic E-state index is 12.9. The molecule has 0 radical (unpaired) electrons. The smallest absolute Gasteiger partial charge is 0.252 e. The Bertz CT molecular complexity index is 1070. The van der Waals surface area contributed by atoms with Crippen LogP contribution >= 0.6 is 11.3 Å². The predicted molar refractivity (Wildman–Crippen MR) is 109 cm³/mol. The molecule has 1 atom stereocenters. The zero-order valence-corrected chi connectivity index (χ0v) is 17.6. The van der Waals surface area contributed by atoms with Crippen LogP contribution < -0.4 is 0 Å². The van der Waals surface area contributed by atoms with Gasteiger partial charge in [0.1, 0.15) is 4.21 Å². The van der Waals surface area contributed by atoms with Gasteiger partial charge in [0, 0.05) is 30.0 Å². The first kappa shape index (κ1) is 19.3. The maximum atomic E-state index is 12.9. The molecule has 3 aromatic rings. The summed E-state index contributed by atoms with van der Waals surface area (Å²) in [5, 5.41) is 4.11. The van der Waals surface area contributed by atoms with Crippen molar-refractivity contribution in [3.63, 3.8) is 0 Å². The highest BCUT2D eigenvalue weighted by atomic mass is 32.2. The summed E-state index contributed by atoms with van der Waals surface area (Å²) in [5.74, 6) is 1.33. The second-order valence-corrected chi connectivity index (χ2v) is 10.7. The predicted octanol–water partition coefficient (Wildman–Crippen LogP) is 4.06. The normalized spacial score (nSPS) is 18.4. The molecule has 1 unspecified atom stereocenters. The third-order valence-corrected chi connectivity index (χ3v) is 8.44. The highest BCUT2D eigenvalue weighted by molar-refractivity contribution is 7.91. The number of thiophene rings is 1. The van der Waals surface area contributed by atoms with Crippen LogP contribution in [0.2, 0.25) is 0 Å². The van der Waals surface area contributed by atoms with Crippen molar-refractivity contribution in [2.45, 2.75) is 37.3 Å². The molecule has 8 heteroatoms. The summed E-state index contributed by atoms with van der Waals surface area (Å²) >= 11 is 1.33. The van der Waals surface area contributed by atoms with Gasteiger partial charge < -0.3 is 4.52 Å². The van der Waals surface area contributed by atoms with Crippen LogP contribution in [-0.4, -0.2) is 36.0 Å². The molecule has 1 aromatic carbocycles. The molecule has 1 aliphatic heterocycles. The lowest BCUT2D eigenvalue weighted by Gasteiger charge is -2.30. The Hall–Kier alpha value is -2.03. The molecule has 1 saturated heterocycles.